The van der Waals surface area contributed by atoms with E-state index >= 15 is 4.39 Å². The minimum Gasteiger partial charge on any atom is -0.0616 e. The fraction of sp³-hybridized carbons (Fsp3) is 0.139. The summed E-state index contributed by atoms with van der Waals surface area (Å²) in [6.07, 6.45) is 2.26. The minimum atomic E-state index is -2.01. The van der Waals surface area contributed by atoms with Gasteiger partial charge >= 0.3 is 190 Å². The van der Waals surface area contributed by atoms with Crippen LogP contribution in [0.1, 0.15) is 6.93 Å². The topological polar surface area (TPSA) is 17.0 Å². The summed E-state index contributed by atoms with van der Waals surface area (Å²) in [6.45, 7) is 2.09. The summed E-state index contributed by atoms with van der Waals surface area (Å²) in [4.78, 5) is 0. The molecule has 0 aliphatic heterocycles. The number of benzene rings is 5. The van der Waals surface area contributed by atoms with Gasteiger partial charge < -0.3 is 0 Å². The van der Waals surface area contributed by atoms with Crippen molar-refractivity contribution in [2.45, 2.75) is 24.2 Å². The first kappa shape index (κ1) is 23.9. The van der Waals surface area contributed by atoms with E-state index in [0.717, 1.165) is 54.7 Å². The van der Waals surface area contributed by atoms with Crippen LogP contribution in [0.3, 0.4) is 0 Å². The molecule has 40 heavy (non-hydrogen) atoms. The quantitative estimate of drug-likeness (QED) is 0.115. The van der Waals surface area contributed by atoms with Gasteiger partial charge in [0.15, 0.2) is 0 Å². The third kappa shape index (κ3) is 3.79. The van der Waals surface area contributed by atoms with Crippen LogP contribution in [0.25, 0.3) is 65.9 Å². The fourth-order valence-corrected chi connectivity index (χ4v) is 8.45. The fourth-order valence-electron chi connectivity index (χ4n) is 6.00. The van der Waals surface area contributed by atoms with Crippen LogP contribution >= 0.6 is 0 Å². The van der Waals surface area contributed by atoms with Gasteiger partial charge in [-0.3, -0.25) is 0 Å². The maximum atomic E-state index is 16.0. The molecule has 0 bridgehead atoms. The average molecular weight is 586 g/mol. The Morgan fingerprint density at radius 1 is 0.725 bits per heavy atom. The van der Waals surface area contributed by atoms with Crippen molar-refractivity contribution < 1.29 is 14.7 Å². The van der Waals surface area contributed by atoms with E-state index < -0.39 is 19.1 Å². The van der Waals surface area contributed by atoms with E-state index in [2.05, 4.69) is 66.3 Å². The second-order valence-corrected chi connectivity index (χ2v) is 22.4. The zero-order chi connectivity index (χ0) is 28.6. The van der Waals surface area contributed by atoms with Crippen LogP contribution in [0.2, 0.25) is 17.3 Å². The Morgan fingerprint density at radius 2 is 1.38 bits per heavy atom. The number of hydrogen-bond donors (Lipinski definition) is 0. The third-order valence-electron chi connectivity index (χ3n) is 8.15. The molecule has 2 heterocycles. The first-order chi connectivity index (χ1) is 19.6. The molecule has 0 amide bonds. The number of pyridine rings is 1. The molecule has 0 atom stereocenters. The second-order valence-electron chi connectivity index (χ2n) is 11.8. The van der Waals surface area contributed by atoms with Crippen molar-refractivity contribution in [1.82, 2.24) is 0 Å². The molecule has 0 aliphatic carbocycles. The molecule has 0 saturated carbocycles. The first-order valence-corrected chi connectivity index (χ1v) is 21.0. The van der Waals surface area contributed by atoms with Gasteiger partial charge in [0.05, 0.1) is 0 Å². The van der Waals surface area contributed by atoms with Gasteiger partial charge in [-0.2, -0.15) is 0 Å². The number of furan rings is 1. The Hall–Kier alpha value is -3.96. The zero-order valence-electron chi connectivity index (χ0n) is 24.4. The van der Waals surface area contributed by atoms with Crippen LogP contribution in [0.5, 0.6) is 0 Å². The number of rotatable bonds is 3. The van der Waals surface area contributed by atoms with Crippen molar-refractivity contribution in [3.8, 4) is 22.4 Å². The summed E-state index contributed by atoms with van der Waals surface area (Å²) in [5.41, 5.74) is 5.28. The number of nitrogens with zero attached hydrogens (tertiary/aromatic N) is 1. The molecular weight excluding hydrogens is 554 g/mol. The Morgan fingerprint density at radius 3 is 2.10 bits per heavy atom. The van der Waals surface area contributed by atoms with Crippen LogP contribution in [0.4, 0.5) is 4.39 Å². The predicted molar refractivity (Wildman–Crippen MR) is 168 cm³/mol. The first-order valence-electron chi connectivity index (χ1n) is 14.2. The number of hydrogen-bond acceptors (Lipinski definition) is 1. The summed E-state index contributed by atoms with van der Waals surface area (Å²) in [6, 6.07) is 28.1. The van der Waals surface area contributed by atoms with Gasteiger partial charge in [-0.25, -0.2) is 0 Å². The van der Waals surface area contributed by atoms with E-state index in [4.69, 9.17) is 4.42 Å². The van der Waals surface area contributed by atoms with Gasteiger partial charge in [0.1, 0.15) is 0 Å². The summed E-state index contributed by atoms with van der Waals surface area (Å²) < 4.78 is 35.6. The van der Waals surface area contributed by atoms with Crippen LogP contribution < -0.4 is 8.96 Å². The number of halogens is 1. The normalized spacial score (nSPS) is 12.6. The van der Waals surface area contributed by atoms with E-state index in [1.165, 1.54) is 10.5 Å². The Kier molecular flexibility index (Phi) is 5.40. The molecule has 4 heteroatoms. The molecule has 7 rings (SSSR count). The molecule has 0 saturated heterocycles. The second kappa shape index (κ2) is 9.04. The monoisotopic (exact) mass is 587 g/mol. The zero-order valence-corrected chi connectivity index (χ0v) is 25.5. The Bertz CT molecular complexity index is 2190. The molecule has 2 nitrogen and oxygen atoms in total. The Labute approximate surface area is 237 Å². The van der Waals surface area contributed by atoms with Crippen molar-refractivity contribution >= 4 is 61.1 Å². The van der Waals surface area contributed by atoms with Crippen LogP contribution in [-0.2, 0) is 7.05 Å². The van der Waals surface area contributed by atoms with Crippen molar-refractivity contribution in [2.75, 3.05) is 0 Å². The molecule has 196 valence electrons. The molecular formula is C36H31FGeNO+. The number of aryl methyl sites for hydroxylation is 2. The van der Waals surface area contributed by atoms with Gasteiger partial charge in [-0.05, 0) is 5.39 Å². The van der Waals surface area contributed by atoms with Crippen LogP contribution in [0.15, 0.2) is 102 Å². The van der Waals surface area contributed by atoms with Gasteiger partial charge in [0.2, 0.25) is 0 Å². The van der Waals surface area contributed by atoms with Gasteiger partial charge in [-0.1, -0.05) is 42.5 Å². The molecule has 0 fully saturated rings. The van der Waals surface area contributed by atoms with E-state index in [1.54, 1.807) is 0 Å². The molecule has 0 radical (unpaired) electrons. The Balaban J connectivity index is 1.58. The molecule has 0 N–H and O–H groups in total. The van der Waals surface area contributed by atoms with Crippen molar-refractivity contribution in [3.05, 3.63) is 109 Å². The van der Waals surface area contributed by atoms with Crippen molar-refractivity contribution in [2.24, 2.45) is 7.05 Å². The molecule has 5 aromatic carbocycles. The molecule has 2 aromatic heterocycles. The van der Waals surface area contributed by atoms with E-state index in [9.17, 15) is 1.37 Å². The number of fused-ring (bicyclic) bond motifs is 6. The summed E-state index contributed by atoms with van der Waals surface area (Å²) in [7, 11) is 2.09. The summed E-state index contributed by atoms with van der Waals surface area (Å²) >= 11 is -2.01. The van der Waals surface area contributed by atoms with E-state index in [1.807, 2.05) is 54.6 Å². The molecule has 7 aromatic rings. The maximum absolute atomic E-state index is 16.0. The summed E-state index contributed by atoms with van der Waals surface area (Å²) in [5.74, 6) is 6.80. The molecule has 0 aliphatic rings. The minimum absolute atomic E-state index is 0.303. The van der Waals surface area contributed by atoms with Crippen LogP contribution in [-0.4, -0.2) is 13.3 Å². The smallest absolute Gasteiger partial charge is 0.0616 e. The van der Waals surface area contributed by atoms with Crippen molar-refractivity contribution in [1.29, 1.82) is 0 Å². The molecule has 0 spiro atoms. The third-order valence-corrected chi connectivity index (χ3v) is 12.4. The SMILES string of the molecule is [2H]c1c(-c2c(F)ccc3c2oc2c(-c4cc[c]([Ge]([CH3])([CH3])[CH3])c[n+]4C)c(C)ccc23)c2ccccc2c2ccccc12. The van der Waals surface area contributed by atoms with Crippen LogP contribution in [0, 0.1) is 12.7 Å². The van der Waals surface area contributed by atoms with E-state index in [0.29, 0.717) is 22.8 Å². The van der Waals surface area contributed by atoms with Crippen molar-refractivity contribution in [3.63, 3.8) is 0 Å². The average Bonchev–Trinajstić information content (AvgIpc) is 3.32. The standard InChI is InChI=1S/C36H31FGeNO/c1-22-14-16-28-29-17-18-31(37)34(30-20-23-10-6-7-11-25(23)26-12-8-9-13-27(26)30)36(29)40-35(28)33(22)32-19-15-24(21-39(32)5)38(2,3)4/h6-21H,1-5H3/q+1/i20D. The molecule has 0 unspecified atom stereocenters. The number of aromatic nitrogens is 1. The van der Waals surface area contributed by atoms with Gasteiger partial charge in [-0.15, -0.1) is 0 Å². The van der Waals surface area contributed by atoms with Gasteiger partial charge in [0, 0.05) is 0 Å². The predicted octanol–water partition coefficient (Wildman–Crippen LogP) is 9.04. The van der Waals surface area contributed by atoms with Gasteiger partial charge in [0.25, 0.3) is 0 Å². The van der Waals surface area contributed by atoms with E-state index in [-0.39, 0.29) is 0 Å². The summed E-state index contributed by atoms with van der Waals surface area (Å²) in [5, 5.41) is 5.40.